The molecule has 1 rings (SSSR count). The molecule has 1 heterocycles. The third kappa shape index (κ3) is 5.59. The van der Waals surface area contributed by atoms with E-state index in [0.717, 1.165) is 18.8 Å². The fraction of sp³-hybridized carbons (Fsp3) is 0.706. The van der Waals surface area contributed by atoms with Crippen LogP contribution in [0.5, 0.6) is 0 Å². The van der Waals surface area contributed by atoms with Crippen LogP contribution < -0.4 is 5.32 Å². The first kappa shape index (κ1) is 17.1. The predicted octanol–water partition coefficient (Wildman–Crippen LogP) is 3.46. The van der Waals surface area contributed by atoms with Gasteiger partial charge < -0.3 is 5.32 Å². The Morgan fingerprint density at radius 3 is 2.55 bits per heavy atom. The molecule has 0 spiro atoms. The zero-order valence-electron chi connectivity index (χ0n) is 13.6. The molecule has 3 nitrogen and oxygen atoms in total. The molecule has 1 aromatic rings. The zero-order chi connectivity index (χ0) is 14.8. The molecule has 2 atom stereocenters. The van der Waals surface area contributed by atoms with Gasteiger partial charge in [0.1, 0.15) is 0 Å². The molecule has 20 heavy (non-hydrogen) atoms. The first-order valence-corrected chi connectivity index (χ1v) is 8.06. The summed E-state index contributed by atoms with van der Waals surface area (Å²) in [5, 5.41) is 3.73. The van der Waals surface area contributed by atoms with E-state index in [4.69, 9.17) is 0 Å². The lowest BCUT2D eigenvalue weighted by Crippen LogP contribution is -2.48. The van der Waals surface area contributed by atoms with Crippen molar-refractivity contribution in [2.24, 2.45) is 0 Å². The van der Waals surface area contributed by atoms with E-state index in [0.29, 0.717) is 12.1 Å². The van der Waals surface area contributed by atoms with Gasteiger partial charge >= 0.3 is 0 Å². The van der Waals surface area contributed by atoms with Crippen molar-refractivity contribution in [3.8, 4) is 0 Å². The van der Waals surface area contributed by atoms with Gasteiger partial charge in [-0.15, -0.1) is 0 Å². The highest BCUT2D eigenvalue weighted by Gasteiger charge is 2.22. The van der Waals surface area contributed by atoms with Crippen LogP contribution in [0.1, 0.15) is 52.1 Å². The van der Waals surface area contributed by atoms with E-state index in [-0.39, 0.29) is 0 Å². The number of nitrogens with one attached hydrogen (secondary N) is 1. The van der Waals surface area contributed by atoms with Gasteiger partial charge in [-0.05, 0) is 45.0 Å². The SMILES string of the molecule is CCCNC(CCC)C(CC)N(C)Cc1ccccn1. The average Bonchev–Trinajstić information content (AvgIpc) is 2.46. The van der Waals surface area contributed by atoms with Crippen molar-refractivity contribution < 1.29 is 0 Å². The first-order chi connectivity index (χ1) is 9.72. The molecule has 1 N–H and O–H groups in total. The van der Waals surface area contributed by atoms with Crippen molar-refractivity contribution in [2.45, 2.75) is 65.1 Å². The van der Waals surface area contributed by atoms with E-state index in [9.17, 15) is 0 Å². The summed E-state index contributed by atoms with van der Waals surface area (Å²) in [7, 11) is 2.22. The molecule has 0 saturated heterocycles. The number of aromatic nitrogens is 1. The molecule has 0 aromatic carbocycles. The highest BCUT2D eigenvalue weighted by atomic mass is 15.2. The highest BCUT2D eigenvalue weighted by molar-refractivity contribution is 5.03. The second-order valence-corrected chi connectivity index (χ2v) is 5.56. The van der Waals surface area contributed by atoms with Crippen LogP contribution in [-0.4, -0.2) is 35.6 Å². The molecule has 0 radical (unpaired) electrons. The van der Waals surface area contributed by atoms with Crippen molar-refractivity contribution in [1.29, 1.82) is 0 Å². The summed E-state index contributed by atoms with van der Waals surface area (Å²) in [6, 6.07) is 7.30. The second kappa shape index (κ2) is 9.89. The third-order valence-electron chi connectivity index (χ3n) is 3.84. The average molecular weight is 277 g/mol. The lowest BCUT2D eigenvalue weighted by atomic mass is 9.99. The monoisotopic (exact) mass is 277 g/mol. The number of pyridine rings is 1. The van der Waals surface area contributed by atoms with Gasteiger partial charge in [-0.1, -0.05) is 33.3 Å². The van der Waals surface area contributed by atoms with Crippen molar-refractivity contribution in [3.05, 3.63) is 30.1 Å². The molecular weight excluding hydrogens is 246 g/mol. The molecule has 0 aliphatic heterocycles. The van der Waals surface area contributed by atoms with Crippen molar-refractivity contribution in [2.75, 3.05) is 13.6 Å². The van der Waals surface area contributed by atoms with E-state index in [2.05, 4.69) is 55.2 Å². The standard InChI is InChI=1S/C17H31N3/c1-5-10-16(19-12-6-2)17(7-3)20(4)14-15-11-8-9-13-18-15/h8-9,11,13,16-17,19H,5-7,10,12,14H2,1-4H3. The van der Waals surface area contributed by atoms with Crippen LogP contribution in [0.15, 0.2) is 24.4 Å². The van der Waals surface area contributed by atoms with E-state index >= 15 is 0 Å². The Labute approximate surface area is 124 Å². The van der Waals surface area contributed by atoms with Gasteiger partial charge in [0.25, 0.3) is 0 Å². The largest absolute Gasteiger partial charge is 0.312 e. The van der Waals surface area contributed by atoms with Crippen LogP contribution >= 0.6 is 0 Å². The maximum atomic E-state index is 4.44. The third-order valence-corrected chi connectivity index (χ3v) is 3.84. The van der Waals surface area contributed by atoms with Gasteiger partial charge in [0.15, 0.2) is 0 Å². The molecule has 0 aliphatic rings. The van der Waals surface area contributed by atoms with Crippen LogP contribution in [0.2, 0.25) is 0 Å². The summed E-state index contributed by atoms with van der Waals surface area (Å²) in [4.78, 5) is 6.89. The second-order valence-electron chi connectivity index (χ2n) is 5.56. The number of hydrogen-bond acceptors (Lipinski definition) is 3. The van der Waals surface area contributed by atoms with Crippen molar-refractivity contribution >= 4 is 0 Å². The number of nitrogens with zero attached hydrogens (tertiary/aromatic N) is 2. The summed E-state index contributed by atoms with van der Waals surface area (Å²) in [6.45, 7) is 8.82. The normalized spacial score (nSPS) is 14.4. The first-order valence-electron chi connectivity index (χ1n) is 8.06. The van der Waals surface area contributed by atoms with E-state index in [1.54, 1.807) is 0 Å². The number of rotatable bonds is 10. The Kier molecular flexibility index (Phi) is 8.47. The minimum atomic E-state index is 0.573. The highest BCUT2D eigenvalue weighted by Crippen LogP contribution is 2.14. The Morgan fingerprint density at radius 1 is 1.20 bits per heavy atom. The maximum absolute atomic E-state index is 4.44. The molecule has 0 amide bonds. The molecule has 3 heteroatoms. The fourth-order valence-corrected chi connectivity index (χ4v) is 2.84. The fourth-order valence-electron chi connectivity index (χ4n) is 2.84. The number of likely N-dealkylation sites (N-methyl/N-ethyl adjacent to an activating group) is 1. The zero-order valence-corrected chi connectivity index (χ0v) is 13.6. The predicted molar refractivity (Wildman–Crippen MR) is 86.8 cm³/mol. The van der Waals surface area contributed by atoms with Crippen LogP contribution in [0.4, 0.5) is 0 Å². The Balaban J connectivity index is 2.65. The maximum Gasteiger partial charge on any atom is 0.0543 e. The summed E-state index contributed by atoms with van der Waals surface area (Å²) in [5.41, 5.74) is 1.15. The molecule has 0 fully saturated rings. The van der Waals surface area contributed by atoms with Crippen LogP contribution in [0.25, 0.3) is 0 Å². The summed E-state index contributed by atoms with van der Waals surface area (Å²) >= 11 is 0. The molecule has 2 unspecified atom stereocenters. The minimum Gasteiger partial charge on any atom is -0.312 e. The Bertz CT molecular complexity index is 339. The quantitative estimate of drug-likeness (QED) is 0.710. The van der Waals surface area contributed by atoms with E-state index < -0.39 is 0 Å². The van der Waals surface area contributed by atoms with Crippen LogP contribution in [0, 0.1) is 0 Å². The molecule has 114 valence electrons. The lowest BCUT2D eigenvalue weighted by Gasteiger charge is -2.34. The molecule has 0 bridgehead atoms. The molecule has 1 aromatic heterocycles. The minimum absolute atomic E-state index is 0.573. The van der Waals surface area contributed by atoms with Gasteiger partial charge in [0.2, 0.25) is 0 Å². The molecule has 0 aliphatic carbocycles. The van der Waals surface area contributed by atoms with Gasteiger partial charge in [-0.3, -0.25) is 9.88 Å². The van der Waals surface area contributed by atoms with Gasteiger partial charge in [-0.25, -0.2) is 0 Å². The summed E-state index contributed by atoms with van der Waals surface area (Å²) < 4.78 is 0. The van der Waals surface area contributed by atoms with Crippen molar-refractivity contribution in [3.63, 3.8) is 0 Å². The summed E-state index contributed by atoms with van der Waals surface area (Å²) in [5.74, 6) is 0. The van der Waals surface area contributed by atoms with Gasteiger partial charge in [-0.2, -0.15) is 0 Å². The molecular formula is C17H31N3. The van der Waals surface area contributed by atoms with Gasteiger partial charge in [0, 0.05) is 24.8 Å². The van der Waals surface area contributed by atoms with Gasteiger partial charge in [0.05, 0.1) is 5.69 Å². The Hall–Kier alpha value is -0.930. The topological polar surface area (TPSA) is 28.2 Å². The van der Waals surface area contributed by atoms with Crippen LogP contribution in [0.3, 0.4) is 0 Å². The smallest absolute Gasteiger partial charge is 0.0543 e. The summed E-state index contributed by atoms with van der Waals surface area (Å²) in [6.07, 6.45) is 6.72. The van der Waals surface area contributed by atoms with E-state index in [1.165, 1.54) is 25.7 Å². The molecule has 0 saturated carbocycles. The van der Waals surface area contributed by atoms with E-state index in [1.807, 2.05) is 12.3 Å². The Morgan fingerprint density at radius 2 is 2.00 bits per heavy atom. The lowest BCUT2D eigenvalue weighted by molar-refractivity contribution is 0.170. The number of hydrogen-bond donors (Lipinski definition) is 1. The van der Waals surface area contributed by atoms with Crippen molar-refractivity contribution in [1.82, 2.24) is 15.2 Å². The van der Waals surface area contributed by atoms with Crippen LogP contribution in [-0.2, 0) is 6.54 Å².